The van der Waals surface area contributed by atoms with Gasteiger partial charge in [0.05, 0.1) is 6.42 Å². The molecule has 0 radical (unpaired) electrons. The third-order valence-corrected chi connectivity index (χ3v) is 5.34. The summed E-state index contributed by atoms with van der Waals surface area (Å²) in [4.78, 5) is 27.9. The summed E-state index contributed by atoms with van der Waals surface area (Å²) in [6.45, 7) is 8.37. The number of aryl methyl sites for hydroxylation is 1. The number of halogens is 1. The van der Waals surface area contributed by atoms with Crippen LogP contribution < -0.4 is 5.32 Å². The van der Waals surface area contributed by atoms with Crippen molar-refractivity contribution in [3.8, 4) is 0 Å². The smallest absolute Gasteiger partial charge is 0.243 e. The molecule has 0 heterocycles. The Morgan fingerprint density at radius 2 is 1.72 bits per heavy atom. The summed E-state index contributed by atoms with van der Waals surface area (Å²) in [6.07, 6.45) is 1.60. The summed E-state index contributed by atoms with van der Waals surface area (Å²) in [5, 5.41) is 3.63. The zero-order valence-electron chi connectivity index (χ0n) is 17.7. The van der Waals surface area contributed by atoms with E-state index in [2.05, 4.69) is 5.32 Å². The highest BCUT2D eigenvalue weighted by atomic mass is 35.5. The second-order valence-electron chi connectivity index (χ2n) is 7.56. The number of nitrogens with one attached hydrogen (secondary N) is 1. The maximum atomic E-state index is 13.3. The fraction of sp³-hybridized carbons (Fsp3) is 0.417. The Bertz CT molecular complexity index is 820. The molecule has 2 amide bonds. The van der Waals surface area contributed by atoms with Gasteiger partial charge in [-0.2, -0.15) is 0 Å². The highest BCUT2D eigenvalue weighted by molar-refractivity contribution is 6.30. The number of benzene rings is 2. The molecule has 0 saturated heterocycles. The van der Waals surface area contributed by atoms with Gasteiger partial charge in [0.15, 0.2) is 0 Å². The largest absolute Gasteiger partial charge is 0.352 e. The normalized spacial score (nSPS) is 12.9. The monoisotopic (exact) mass is 414 g/mol. The van der Waals surface area contributed by atoms with Crippen LogP contribution in [0.2, 0.25) is 5.02 Å². The van der Waals surface area contributed by atoms with Crippen LogP contribution in [0.4, 0.5) is 0 Å². The lowest BCUT2D eigenvalue weighted by Gasteiger charge is -2.31. The van der Waals surface area contributed by atoms with Crippen molar-refractivity contribution in [1.82, 2.24) is 10.2 Å². The van der Waals surface area contributed by atoms with Crippen molar-refractivity contribution in [1.29, 1.82) is 0 Å². The van der Waals surface area contributed by atoms with E-state index in [4.69, 9.17) is 11.6 Å². The number of hydrogen-bond donors (Lipinski definition) is 1. The molecule has 0 unspecified atom stereocenters. The molecule has 29 heavy (non-hydrogen) atoms. The van der Waals surface area contributed by atoms with Crippen LogP contribution >= 0.6 is 11.6 Å². The minimum Gasteiger partial charge on any atom is -0.352 e. The average molecular weight is 415 g/mol. The Balaban J connectivity index is 2.28. The Morgan fingerprint density at radius 1 is 1.03 bits per heavy atom. The van der Waals surface area contributed by atoms with Gasteiger partial charge in [0.1, 0.15) is 6.04 Å². The standard InChI is InChI=1S/C24H31ClN2O2/c1-5-18(4)26-24(29)22(6-2)27(16-19-12-10-17(3)11-13-19)23(28)15-20-8-7-9-21(25)14-20/h7-14,18,22H,5-6,15-16H2,1-4H3,(H,26,29)/t18-,22-/m1/s1. The summed E-state index contributed by atoms with van der Waals surface area (Å²) in [5.41, 5.74) is 3.01. The Labute approximate surface area is 179 Å². The molecule has 156 valence electrons. The summed E-state index contributed by atoms with van der Waals surface area (Å²) < 4.78 is 0. The quantitative estimate of drug-likeness (QED) is 0.633. The van der Waals surface area contributed by atoms with E-state index in [1.807, 2.05) is 64.1 Å². The molecular formula is C24H31ClN2O2. The van der Waals surface area contributed by atoms with E-state index in [-0.39, 0.29) is 24.3 Å². The second-order valence-corrected chi connectivity index (χ2v) is 7.99. The lowest BCUT2D eigenvalue weighted by Crippen LogP contribution is -2.51. The van der Waals surface area contributed by atoms with Gasteiger partial charge < -0.3 is 10.2 Å². The fourth-order valence-electron chi connectivity index (χ4n) is 3.17. The highest BCUT2D eigenvalue weighted by Crippen LogP contribution is 2.17. The van der Waals surface area contributed by atoms with Gasteiger partial charge in [-0.1, -0.05) is 67.4 Å². The first-order valence-corrected chi connectivity index (χ1v) is 10.6. The van der Waals surface area contributed by atoms with Gasteiger partial charge in [0, 0.05) is 17.6 Å². The molecule has 2 aromatic rings. The van der Waals surface area contributed by atoms with Crippen LogP contribution in [0.3, 0.4) is 0 Å². The van der Waals surface area contributed by atoms with E-state index < -0.39 is 6.04 Å². The molecule has 0 bridgehead atoms. The van der Waals surface area contributed by atoms with Crippen LogP contribution in [0.25, 0.3) is 0 Å². The molecule has 0 spiro atoms. The summed E-state index contributed by atoms with van der Waals surface area (Å²) in [5.74, 6) is -0.188. The molecule has 2 atom stereocenters. The van der Waals surface area contributed by atoms with Crippen LogP contribution in [0, 0.1) is 6.92 Å². The number of amides is 2. The first kappa shape index (κ1) is 23.0. The number of carbonyl (C=O) groups excluding carboxylic acids is 2. The van der Waals surface area contributed by atoms with Gasteiger partial charge in [-0.25, -0.2) is 0 Å². The van der Waals surface area contributed by atoms with Crippen molar-refractivity contribution < 1.29 is 9.59 Å². The van der Waals surface area contributed by atoms with E-state index in [0.29, 0.717) is 18.0 Å². The molecule has 0 aliphatic carbocycles. The molecule has 0 aliphatic heterocycles. The summed E-state index contributed by atoms with van der Waals surface area (Å²) in [7, 11) is 0. The van der Waals surface area contributed by atoms with Crippen LogP contribution in [0.15, 0.2) is 48.5 Å². The van der Waals surface area contributed by atoms with Crippen LogP contribution in [-0.2, 0) is 22.6 Å². The summed E-state index contributed by atoms with van der Waals surface area (Å²) >= 11 is 6.08. The van der Waals surface area contributed by atoms with E-state index in [1.54, 1.807) is 17.0 Å². The van der Waals surface area contributed by atoms with Gasteiger partial charge >= 0.3 is 0 Å². The number of hydrogen-bond acceptors (Lipinski definition) is 2. The number of nitrogens with zero attached hydrogens (tertiary/aromatic N) is 1. The summed E-state index contributed by atoms with van der Waals surface area (Å²) in [6, 6.07) is 14.9. The van der Waals surface area contributed by atoms with Crippen molar-refractivity contribution >= 4 is 23.4 Å². The van der Waals surface area contributed by atoms with Crippen molar-refractivity contribution in [2.45, 2.75) is 65.6 Å². The van der Waals surface area contributed by atoms with Crippen molar-refractivity contribution in [2.75, 3.05) is 0 Å². The average Bonchev–Trinajstić information content (AvgIpc) is 2.69. The van der Waals surface area contributed by atoms with Gasteiger partial charge in [-0.3, -0.25) is 9.59 Å². The first-order valence-electron chi connectivity index (χ1n) is 10.2. The Hall–Kier alpha value is -2.33. The molecule has 0 aliphatic rings. The van der Waals surface area contributed by atoms with E-state index in [0.717, 1.165) is 23.1 Å². The maximum Gasteiger partial charge on any atom is 0.243 e. The Morgan fingerprint density at radius 3 is 2.31 bits per heavy atom. The lowest BCUT2D eigenvalue weighted by atomic mass is 10.1. The minimum atomic E-state index is -0.517. The Kier molecular flexibility index (Phi) is 8.71. The third kappa shape index (κ3) is 6.90. The second kappa shape index (κ2) is 11.0. The molecular weight excluding hydrogens is 384 g/mol. The highest BCUT2D eigenvalue weighted by Gasteiger charge is 2.29. The SMILES string of the molecule is CC[C@@H](C)NC(=O)[C@@H](CC)N(Cc1ccc(C)cc1)C(=O)Cc1cccc(Cl)c1. The van der Waals surface area contributed by atoms with Crippen LogP contribution in [0.5, 0.6) is 0 Å². The zero-order chi connectivity index (χ0) is 21.4. The molecule has 0 fully saturated rings. The third-order valence-electron chi connectivity index (χ3n) is 5.10. The van der Waals surface area contributed by atoms with E-state index in [9.17, 15) is 9.59 Å². The molecule has 5 heteroatoms. The molecule has 2 aromatic carbocycles. The van der Waals surface area contributed by atoms with Gasteiger partial charge in [0.2, 0.25) is 11.8 Å². The molecule has 0 aromatic heterocycles. The van der Waals surface area contributed by atoms with Gasteiger partial charge in [0.25, 0.3) is 0 Å². The molecule has 0 saturated carbocycles. The van der Waals surface area contributed by atoms with Crippen molar-refractivity contribution in [3.05, 3.63) is 70.2 Å². The van der Waals surface area contributed by atoms with Gasteiger partial charge in [-0.15, -0.1) is 0 Å². The fourth-order valence-corrected chi connectivity index (χ4v) is 3.39. The van der Waals surface area contributed by atoms with Gasteiger partial charge in [-0.05, 0) is 49.9 Å². The van der Waals surface area contributed by atoms with Crippen LogP contribution in [-0.4, -0.2) is 28.8 Å². The first-order chi connectivity index (χ1) is 13.8. The van der Waals surface area contributed by atoms with Crippen molar-refractivity contribution in [3.63, 3.8) is 0 Å². The number of carbonyl (C=O) groups is 2. The zero-order valence-corrected chi connectivity index (χ0v) is 18.5. The molecule has 4 nitrogen and oxygen atoms in total. The van der Waals surface area contributed by atoms with E-state index >= 15 is 0 Å². The maximum absolute atomic E-state index is 13.3. The predicted octanol–water partition coefficient (Wildman–Crippen LogP) is 4.91. The van der Waals surface area contributed by atoms with Crippen molar-refractivity contribution in [2.24, 2.45) is 0 Å². The van der Waals surface area contributed by atoms with E-state index in [1.165, 1.54) is 0 Å². The van der Waals surface area contributed by atoms with Crippen LogP contribution in [0.1, 0.15) is 50.3 Å². The molecule has 2 rings (SSSR count). The lowest BCUT2D eigenvalue weighted by molar-refractivity contribution is -0.141. The topological polar surface area (TPSA) is 49.4 Å². The number of rotatable bonds is 9. The molecule has 1 N–H and O–H groups in total. The minimum absolute atomic E-state index is 0.0702. The predicted molar refractivity (Wildman–Crippen MR) is 119 cm³/mol.